The molecule has 0 unspecified atom stereocenters. The summed E-state index contributed by atoms with van der Waals surface area (Å²) in [6.07, 6.45) is 1.89. The highest BCUT2D eigenvalue weighted by molar-refractivity contribution is 7.15. The molecule has 0 radical (unpaired) electrons. The zero-order chi connectivity index (χ0) is 13.8. The molecule has 3 aromatic rings. The maximum atomic E-state index is 4.37. The first-order valence-corrected chi connectivity index (χ1v) is 7.23. The summed E-state index contributed by atoms with van der Waals surface area (Å²) in [4.78, 5) is 5.53. The van der Waals surface area contributed by atoms with E-state index < -0.39 is 0 Å². The lowest BCUT2D eigenvalue weighted by atomic mass is 10.1. The van der Waals surface area contributed by atoms with Crippen LogP contribution in [-0.2, 0) is 0 Å². The Kier molecular flexibility index (Phi) is 3.62. The third-order valence-electron chi connectivity index (χ3n) is 2.93. The molecule has 0 aliphatic carbocycles. The lowest BCUT2D eigenvalue weighted by Gasteiger charge is -1.96. The minimum absolute atomic E-state index is 0.851. The standard InChI is InChI=1S/C18H13NS/c1-14-7-10-16(11-8-14)17-13-19-18(20-17)12-9-15-5-3-2-4-6-15/h2-8,10-11,13H,1H3. The number of hydrogen-bond donors (Lipinski definition) is 0. The van der Waals surface area contributed by atoms with Crippen LogP contribution in [0, 0.1) is 18.8 Å². The Morgan fingerprint density at radius 1 is 0.900 bits per heavy atom. The number of aryl methyl sites for hydroxylation is 1. The Labute approximate surface area is 122 Å². The highest BCUT2D eigenvalue weighted by atomic mass is 32.1. The van der Waals surface area contributed by atoms with E-state index >= 15 is 0 Å². The average molecular weight is 275 g/mol. The van der Waals surface area contributed by atoms with Gasteiger partial charge in [-0.05, 0) is 30.5 Å². The van der Waals surface area contributed by atoms with Gasteiger partial charge in [0.15, 0.2) is 5.01 Å². The van der Waals surface area contributed by atoms with Gasteiger partial charge in [0.2, 0.25) is 0 Å². The van der Waals surface area contributed by atoms with E-state index in [0.29, 0.717) is 0 Å². The normalized spacial score (nSPS) is 9.85. The largest absolute Gasteiger partial charge is 0.236 e. The number of nitrogens with zero attached hydrogens (tertiary/aromatic N) is 1. The number of hydrogen-bond acceptors (Lipinski definition) is 2. The summed E-state index contributed by atoms with van der Waals surface area (Å²) in [7, 11) is 0. The molecule has 0 N–H and O–H groups in total. The van der Waals surface area contributed by atoms with Gasteiger partial charge in [-0.15, -0.1) is 11.3 Å². The summed E-state index contributed by atoms with van der Waals surface area (Å²) in [5.74, 6) is 6.25. The average Bonchev–Trinajstić information content (AvgIpc) is 2.96. The van der Waals surface area contributed by atoms with Crippen LogP contribution in [0.5, 0.6) is 0 Å². The third-order valence-corrected chi connectivity index (χ3v) is 3.89. The first-order chi connectivity index (χ1) is 9.81. The monoisotopic (exact) mass is 275 g/mol. The van der Waals surface area contributed by atoms with Crippen LogP contribution >= 0.6 is 11.3 Å². The van der Waals surface area contributed by atoms with Gasteiger partial charge in [0, 0.05) is 11.8 Å². The molecular weight excluding hydrogens is 262 g/mol. The van der Waals surface area contributed by atoms with Crippen LogP contribution in [0.2, 0.25) is 0 Å². The van der Waals surface area contributed by atoms with Crippen molar-refractivity contribution in [3.63, 3.8) is 0 Å². The number of aromatic nitrogens is 1. The Bertz CT molecular complexity index is 758. The molecule has 0 amide bonds. The fourth-order valence-electron chi connectivity index (χ4n) is 1.83. The second-order valence-electron chi connectivity index (χ2n) is 4.51. The molecule has 2 aromatic carbocycles. The van der Waals surface area contributed by atoms with Crippen molar-refractivity contribution in [2.45, 2.75) is 6.92 Å². The van der Waals surface area contributed by atoms with Crippen LogP contribution in [0.1, 0.15) is 16.1 Å². The molecule has 1 aromatic heterocycles. The first-order valence-electron chi connectivity index (χ1n) is 6.41. The van der Waals surface area contributed by atoms with E-state index in [2.05, 4.69) is 48.0 Å². The van der Waals surface area contributed by atoms with Crippen LogP contribution in [-0.4, -0.2) is 4.98 Å². The molecule has 0 aliphatic heterocycles. The van der Waals surface area contributed by atoms with Crippen molar-refractivity contribution >= 4 is 11.3 Å². The fourth-order valence-corrected chi connectivity index (χ4v) is 2.61. The van der Waals surface area contributed by atoms with E-state index in [4.69, 9.17) is 0 Å². The summed E-state index contributed by atoms with van der Waals surface area (Å²) in [6, 6.07) is 18.4. The van der Waals surface area contributed by atoms with Crippen LogP contribution in [0.15, 0.2) is 60.8 Å². The van der Waals surface area contributed by atoms with E-state index in [1.165, 1.54) is 11.1 Å². The molecular formula is C18H13NS. The van der Waals surface area contributed by atoms with E-state index in [1.54, 1.807) is 11.3 Å². The van der Waals surface area contributed by atoms with Gasteiger partial charge in [0.05, 0.1) is 4.88 Å². The quantitative estimate of drug-likeness (QED) is 0.595. The van der Waals surface area contributed by atoms with Crippen molar-refractivity contribution < 1.29 is 0 Å². The molecule has 20 heavy (non-hydrogen) atoms. The topological polar surface area (TPSA) is 12.9 Å². The molecule has 0 bridgehead atoms. The summed E-state index contributed by atoms with van der Waals surface area (Å²) in [5.41, 5.74) is 3.47. The van der Waals surface area contributed by atoms with Crippen molar-refractivity contribution in [3.8, 4) is 22.3 Å². The van der Waals surface area contributed by atoms with Gasteiger partial charge in [0.25, 0.3) is 0 Å². The van der Waals surface area contributed by atoms with Gasteiger partial charge >= 0.3 is 0 Å². The number of thiazole rings is 1. The second-order valence-corrected chi connectivity index (χ2v) is 5.54. The van der Waals surface area contributed by atoms with E-state index in [9.17, 15) is 0 Å². The van der Waals surface area contributed by atoms with Crippen LogP contribution in [0.4, 0.5) is 0 Å². The molecule has 3 rings (SSSR count). The molecule has 0 saturated carbocycles. The van der Waals surface area contributed by atoms with Gasteiger partial charge in [-0.2, -0.15) is 0 Å². The maximum absolute atomic E-state index is 4.37. The highest BCUT2D eigenvalue weighted by Gasteiger charge is 2.02. The second kappa shape index (κ2) is 5.73. The molecule has 0 spiro atoms. The lowest BCUT2D eigenvalue weighted by Crippen LogP contribution is -1.73. The van der Waals surface area contributed by atoms with E-state index in [1.807, 2.05) is 36.5 Å². The molecule has 0 saturated heterocycles. The van der Waals surface area contributed by atoms with E-state index in [0.717, 1.165) is 15.4 Å². The molecule has 0 fully saturated rings. The van der Waals surface area contributed by atoms with Crippen molar-refractivity contribution in [1.82, 2.24) is 4.98 Å². The Morgan fingerprint density at radius 3 is 2.40 bits per heavy atom. The summed E-state index contributed by atoms with van der Waals surface area (Å²) >= 11 is 1.63. The van der Waals surface area contributed by atoms with Crippen LogP contribution in [0.3, 0.4) is 0 Å². The van der Waals surface area contributed by atoms with Gasteiger partial charge in [0.1, 0.15) is 0 Å². The molecule has 1 heterocycles. The van der Waals surface area contributed by atoms with Gasteiger partial charge in [-0.25, -0.2) is 4.98 Å². The summed E-state index contributed by atoms with van der Waals surface area (Å²) in [5, 5.41) is 0.851. The third kappa shape index (κ3) is 2.96. The van der Waals surface area contributed by atoms with Crippen molar-refractivity contribution in [2.24, 2.45) is 0 Å². The smallest absolute Gasteiger partial charge is 0.167 e. The van der Waals surface area contributed by atoms with Gasteiger partial charge in [-0.3, -0.25) is 0 Å². The Hall–Kier alpha value is -2.37. The summed E-state index contributed by atoms with van der Waals surface area (Å²) < 4.78 is 0. The SMILES string of the molecule is Cc1ccc(-c2cnc(C#Cc3ccccc3)s2)cc1. The Morgan fingerprint density at radius 2 is 1.65 bits per heavy atom. The maximum Gasteiger partial charge on any atom is 0.167 e. The molecule has 0 aliphatic rings. The predicted octanol–water partition coefficient (Wildman–Crippen LogP) is 4.52. The van der Waals surface area contributed by atoms with Crippen LogP contribution < -0.4 is 0 Å². The summed E-state index contributed by atoms with van der Waals surface area (Å²) in [6.45, 7) is 2.09. The predicted molar refractivity (Wildman–Crippen MR) is 84.7 cm³/mol. The number of benzene rings is 2. The van der Waals surface area contributed by atoms with Crippen molar-refractivity contribution in [1.29, 1.82) is 0 Å². The fraction of sp³-hybridized carbons (Fsp3) is 0.0556. The first kappa shape index (κ1) is 12.7. The lowest BCUT2D eigenvalue weighted by molar-refractivity contribution is 1.38. The minimum Gasteiger partial charge on any atom is -0.236 e. The van der Waals surface area contributed by atoms with Crippen molar-refractivity contribution in [2.75, 3.05) is 0 Å². The van der Waals surface area contributed by atoms with Gasteiger partial charge < -0.3 is 0 Å². The number of rotatable bonds is 1. The highest BCUT2D eigenvalue weighted by Crippen LogP contribution is 2.25. The zero-order valence-corrected chi connectivity index (χ0v) is 11.9. The molecule has 1 nitrogen and oxygen atoms in total. The van der Waals surface area contributed by atoms with Gasteiger partial charge in [-0.1, -0.05) is 53.9 Å². The Balaban J connectivity index is 1.84. The molecule has 96 valence electrons. The zero-order valence-electron chi connectivity index (χ0n) is 11.1. The van der Waals surface area contributed by atoms with Crippen molar-refractivity contribution in [3.05, 3.63) is 76.9 Å². The minimum atomic E-state index is 0.851. The molecule has 2 heteroatoms. The van der Waals surface area contributed by atoms with Crippen LogP contribution in [0.25, 0.3) is 10.4 Å². The molecule has 0 atom stereocenters. The van der Waals surface area contributed by atoms with E-state index in [-0.39, 0.29) is 0 Å².